The van der Waals surface area contributed by atoms with Crippen molar-refractivity contribution in [1.29, 1.82) is 0 Å². The molecule has 2 nitrogen and oxygen atoms in total. The molecule has 78 valence electrons. The van der Waals surface area contributed by atoms with Gasteiger partial charge in [-0.15, -0.1) is 0 Å². The quantitative estimate of drug-likeness (QED) is 0.586. The first-order valence-corrected chi connectivity index (χ1v) is 5.42. The van der Waals surface area contributed by atoms with Gasteiger partial charge < -0.3 is 4.42 Å². The van der Waals surface area contributed by atoms with Crippen molar-refractivity contribution in [3.05, 3.63) is 59.4 Å². The highest BCUT2D eigenvalue weighted by molar-refractivity contribution is 7.71. The molecule has 3 heteroatoms. The van der Waals surface area contributed by atoms with Gasteiger partial charge in [-0.1, -0.05) is 24.4 Å². The molecule has 0 atom stereocenters. The highest BCUT2D eigenvalue weighted by atomic mass is 32.1. The smallest absolute Gasteiger partial charge is 0.205 e. The maximum absolute atomic E-state index is 5.78. The zero-order chi connectivity index (χ0) is 11.0. The minimum Gasteiger partial charge on any atom is -0.440 e. The summed E-state index contributed by atoms with van der Waals surface area (Å²) in [4.78, 5) is 0. The third-order valence-corrected chi connectivity index (χ3v) is 2.82. The van der Waals surface area contributed by atoms with Crippen molar-refractivity contribution >= 4 is 23.2 Å². The lowest BCUT2D eigenvalue weighted by atomic mass is 10.2. The Kier molecular flexibility index (Phi) is 2.11. The molecule has 1 aromatic carbocycles. The molecular formula is C13H9NOS. The molecular weight excluding hydrogens is 218 g/mol. The van der Waals surface area contributed by atoms with Crippen LogP contribution in [0.15, 0.2) is 59.3 Å². The van der Waals surface area contributed by atoms with Gasteiger partial charge in [-0.3, -0.25) is 4.57 Å². The number of hydrogen-bond acceptors (Lipinski definition) is 2. The number of fused-ring (bicyclic) bond motifs is 1. The van der Waals surface area contributed by atoms with Gasteiger partial charge in [-0.2, -0.15) is 0 Å². The minimum absolute atomic E-state index is 0.744. The predicted molar refractivity (Wildman–Crippen MR) is 66.4 cm³/mol. The topological polar surface area (TPSA) is 18.1 Å². The summed E-state index contributed by atoms with van der Waals surface area (Å²) in [7, 11) is 0. The lowest BCUT2D eigenvalue weighted by Gasteiger charge is -2.03. The fourth-order valence-electron chi connectivity index (χ4n) is 1.70. The van der Waals surface area contributed by atoms with Crippen molar-refractivity contribution in [2.75, 3.05) is 0 Å². The summed E-state index contributed by atoms with van der Waals surface area (Å²) in [6.07, 6.45) is 3.87. The summed E-state index contributed by atoms with van der Waals surface area (Å²) in [5, 5.41) is 0.980. The summed E-state index contributed by atoms with van der Waals surface area (Å²) in [6.45, 7) is 0. The van der Waals surface area contributed by atoms with E-state index in [-0.39, 0.29) is 0 Å². The third-order valence-electron chi connectivity index (χ3n) is 2.48. The van der Waals surface area contributed by atoms with E-state index < -0.39 is 0 Å². The first-order chi connectivity index (χ1) is 7.84. The van der Waals surface area contributed by atoms with E-state index >= 15 is 0 Å². The number of para-hydroxylation sites is 1. The van der Waals surface area contributed by atoms with Crippen LogP contribution in [-0.4, -0.2) is 4.57 Å². The van der Waals surface area contributed by atoms with Crippen LogP contribution < -0.4 is 0 Å². The van der Waals surface area contributed by atoms with Crippen molar-refractivity contribution in [2.45, 2.75) is 0 Å². The normalized spacial score (nSPS) is 10.8. The Labute approximate surface area is 97.8 Å². The van der Waals surface area contributed by atoms with Gasteiger partial charge in [0.05, 0.1) is 4.51 Å². The molecule has 3 aromatic rings. The molecule has 0 aliphatic heterocycles. The van der Waals surface area contributed by atoms with Crippen molar-refractivity contribution in [3.8, 4) is 5.88 Å². The summed E-state index contributed by atoms with van der Waals surface area (Å²) in [5.74, 6) is 0.744. The van der Waals surface area contributed by atoms with E-state index in [1.165, 1.54) is 0 Å². The molecule has 0 aliphatic carbocycles. The number of hydrogen-bond donors (Lipinski definition) is 0. The molecule has 0 amide bonds. The zero-order valence-electron chi connectivity index (χ0n) is 8.46. The van der Waals surface area contributed by atoms with Gasteiger partial charge >= 0.3 is 0 Å². The van der Waals surface area contributed by atoms with Crippen LogP contribution in [0, 0.1) is 4.51 Å². The molecule has 2 heterocycles. The largest absolute Gasteiger partial charge is 0.440 e. The van der Waals surface area contributed by atoms with Crippen LogP contribution in [0.2, 0.25) is 0 Å². The van der Waals surface area contributed by atoms with Crippen molar-refractivity contribution < 1.29 is 4.42 Å². The van der Waals surface area contributed by atoms with Crippen LogP contribution in [0.3, 0.4) is 0 Å². The Hall–Kier alpha value is -1.87. The van der Waals surface area contributed by atoms with Crippen LogP contribution in [0.1, 0.15) is 0 Å². The molecule has 3 rings (SSSR count). The van der Waals surface area contributed by atoms with E-state index in [0.29, 0.717) is 0 Å². The Balaban J connectivity index is 2.34. The Morgan fingerprint density at radius 1 is 1.00 bits per heavy atom. The lowest BCUT2D eigenvalue weighted by Crippen LogP contribution is -1.89. The Morgan fingerprint density at radius 3 is 2.56 bits per heavy atom. The van der Waals surface area contributed by atoms with Crippen LogP contribution >= 0.6 is 12.2 Å². The molecule has 16 heavy (non-hydrogen) atoms. The molecule has 0 aliphatic rings. The van der Waals surface area contributed by atoms with Gasteiger partial charge in [0.15, 0.2) is 0 Å². The van der Waals surface area contributed by atoms with Gasteiger partial charge in [0.1, 0.15) is 5.58 Å². The molecule has 0 unspecified atom stereocenters. The number of nitrogens with zero attached hydrogens (tertiary/aromatic N) is 1. The molecule has 0 fully saturated rings. The summed E-state index contributed by atoms with van der Waals surface area (Å²) in [6, 6.07) is 13.6. The van der Waals surface area contributed by atoms with E-state index in [2.05, 4.69) is 0 Å². The number of aromatic nitrogens is 1. The fourth-order valence-corrected chi connectivity index (χ4v) is 1.97. The van der Waals surface area contributed by atoms with E-state index in [4.69, 9.17) is 16.6 Å². The average Bonchev–Trinajstić information content (AvgIpc) is 2.82. The number of benzene rings is 1. The zero-order valence-corrected chi connectivity index (χ0v) is 9.28. The van der Waals surface area contributed by atoms with Crippen molar-refractivity contribution in [2.24, 2.45) is 0 Å². The van der Waals surface area contributed by atoms with Gasteiger partial charge in [-0.05, 0) is 24.3 Å². The van der Waals surface area contributed by atoms with Crippen LogP contribution in [0.5, 0.6) is 0 Å². The number of rotatable bonds is 1. The van der Waals surface area contributed by atoms with Gasteiger partial charge in [0, 0.05) is 23.8 Å². The third kappa shape index (κ3) is 1.46. The predicted octanol–water partition coefficient (Wildman–Crippen LogP) is 3.95. The molecule has 0 radical (unpaired) electrons. The Bertz CT molecular complexity index is 682. The van der Waals surface area contributed by atoms with Gasteiger partial charge in [0.25, 0.3) is 0 Å². The van der Waals surface area contributed by atoms with Crippen LogP contribution in [0.4, 0.5) is 0 Å². The summed E-state index contributed by atoms with van der Waals surface area (Å²) < 4.78 is 8.50. The second-order valence-electron chi connectivity index (χ2n) is 3.54. The van der Waals surface area contributed by atoms with Crippen molar-refractivity contribution in [3.63, 3.8) is 0 Å². The maximum atomic E-state index is 5.78. The monoisotopic (exact) mass is 227 g/mol. The molecule has 0 bridgehead atoms. The van der Waals surface area contributed by atoms with E-state index in [9.17, 15) is 0 Å². The summed E-state index contributed by atoms with van der Waals surface area (Å²) in [5.41, 5.74) is 0.818. The molecule has 0 N–H and O–H groups in total. The summed E-state index contributed by atoms with van der Waals surface area (Å²) >= 11 is 5.34. The highest BCUT2D eigenvalue weighted by Gasteiger charge is 2.02. The highest BCUT2D eigenvalue weighted by Crippen LogP contribution is 2.20. The molecule has 2 aromatic heterocycles. The second kappa shape index (κ2) is 3.61. The first kappa shape index (κ1) is 9.36. The Morgan fingerprint density at radius 2 is 1.75 bits per heavy atom. The average molecular weight is 227 g/mol. The lowest BCUT2D eigenvalue weighted by molar-refractivity contribution is 0.569. The van der Waals surface area contributed by atoms with Crippen LogP contribution in [0.25, 0.3) is 16.9 Å². The first-order valence-electron chi connectivity index (χ1n) is 5.01. The van der Waals surface area contributed by atoms with E-state index in [0.717, 1.165) is 21.4 Å². The minimum atomic E-state index is 0.744. The van der Waals surface area contributed by atoms with E-state index in [1.54, 1.807) is 0 Å². The van der Waals surface area contributed by atoms with E-state index in [1.807, 2.05) is 59.4 Å². The molecule has 0 saturated carbocycles. The standard InChI is InChI=1S/C13H9NOS/c16-12-9-13(14-7-3-4-8-14)15-11-6-2-1-5-10(11)12/h1-9H. The van der Waals surface area contributed by atoms with Gasteiger partial charge in [-0.25, -0.2) is 0 Å². The molecule has 0 spiro atoms. The fraction of sp³-hybridized carbons (Fsp3) is 0. The van der Waals surface area contributed by atoms with Crippen LogP contribution in [-0.2, 0) is 0 Å². The SMILES string of the molecule is S=c1cc(-n2cccc2)oc2ccccc12. The van der Waals surface area contributed by atoms with Crippen molar-refractivity contribution in [1.82, 2.24) is 4.57 Å². The molecule has 0 saturated heterocycles. The van der Waals surface area contributed by atoms with Gasteiger partial charge in [0.2, 0.25) is 5.88 Å². The second-order valence-corrected chi connectivity index (χ2v) is 3.98. The maximum Gasteiger partial charge on any atom is 0.205 e.